The molecule has 22 heavy (non-hydrogen) atoms. The van der Waals surface area contributed by atoms with Crippen LogP contribution in [-0.4, -0.2) is 41.5 Å². The highest BCUT2D eigenvalue weighted by Crippen LogP contribution is 2.28. The molecule has 1 fully saturated rings. The molecule has 120 valence electrons. The zero-order valence-electron chi connectivity index (χ0n) is 11.7. The number of aromatic hydroxyl groups is 1. The summed E-state index contributed by atoms with van der Waals surface area (Å²) in [5.74, 6) is -0.509. The Morgan fingerprint density at radius 2 is 2.14 bits per heavy atom. The van der Waals surface area contributed by atoms with E-state index in [0.29, 0.717) is 0 Å². The molecule has 0 radical (unpaired) electrons. The number of nitro groups is 1. The van der Waals surface area contributed by atoms with Crippen LogP contribution < -0.4 is 10.6 Å². The van der Waals surface area contributed by atoms with Gasteiger partial charge < -0.3 is 15.7 Å². The number of phenols is 1. The van der Waals surface area contributed by atoms with Gasteiger partial charge in [-0.05, 0) is 19.4 Å². The highest BCUT2D eigenvalue weighted by atomic mass is 32.2. The molecular weight excluding hydrogens is 314 g/mol. The Balaban J connectivity index is 2.10. The summed E-state index contributed by atoms with van der Waals surface area (Å²) < 4.78 is 22.9. The summed E-state index contributed by atoms with van der Waals surface area (Å²) in [4.78, 5) is 21.9. The van der Waals surface area contributed by atoms with Crippen LogP contribution in [0.4, 0.5) is 16.2 Å². The third kappa shape index (κ3) is 3.64. The Morgan fingerprint density at radius 3 is 2.68 bits per heavy atom. The van der Waals surface area contributed by atoms with Gasteiger partial charge in [0.1, 0.15) is 5.75 Å². The van der Waals surface area contributed by atoms with Crippen LogP contribution in [-0.2, 0) is 9.84 Å². The van der Waals surface area contributed by atoms with Gasteiger partial charge in [-0.25, -0.2) is 13.2 Å². The average molecular weight is 329 g/mol. The van der Waals surface area contributed by atoms with Crippen LogP contribution in [0.5, 0.6) is 5.75 Å². The van der Waals surface area contributed by atoms with Crippen LogP contribution in [0, 0.1) is 10.1 Å². The summed E-state index contributed by atoms with van der Waals surface area (Å²) in [6, 6.07) is 2.47. The number of sulfone groups is 1. The first-order valence-electron chi connectivity index (χ1n) is 6.37. The van der Waals surface area contributed by atoms with Crippen molar-refractivity contribution in [2.24, 2.45) is 0 Å². The third-order valence-electron chi connectivity index (χ3n) is 3.36. The molecule has 9 nitrogen and oxygen atoms in total. The van der Waals surface area contributed by atoms with E-state index in [1.165, 1.54) is 0 Å². The smallest absolute Gasteiger partial charge is 0.319 e. The number of hydrogen-bond acceptors (Lipinski definition) is 6. The van der Waals surface area contributed by atoms with Gasteiger partial charge in [0.25, 0.3) is 5.69 Å². The van der Waals surface area contributed by atoms with Gasteiger partial charge in [-0.15, -0.1) is 0 Å². The second kappa shape index (κ2) is 5.44. The maximum Gasteiger partial charge on any atom is 0.319 e. The van der Waals surface area contributed by atoms with E-state index in [9.17, 15) is 28.4 Å². The zero-order chi connectivity index (χ0) is 16.5. The molecule has 3 N–H and O–H groups in total. The Hall–Kier alpha value is -2.36. The molecule has 10 heteroatoms. The minimum absolute atomic E-state index is 0.00810. The van der Waals surface area contributed by atoms with Crippen molar-refractivity contribution in [2.45, 2.75) is 18.9 Å². The highest BCUT2D eigenvalue weighted by molar-refractivity contribution is 7.91. The SMILES string of the molecule is C[C@@]1(NC(=O)Nc2cc([N+](=O)[O-])ccc2O)CCS(=O)(=O)C1. The van der Waals surface area contributed by atoms with Crippen LogP contribution in [0.25, 0.3) is 0 Å². The first-order valence-corrected chi connectivity index (χ1v) is 8.19. The predicted octanol–water partition coefficient (Wildman–Crippen LogP) is 0.999. The number of amides is 2. The fraction of sp³-hybridized carbons (Fsp3) is 0.417. The number of nitrogens with one attached hydrogen (secondary N) is 2. The summed E-state index contributed by atoms with van der Waals surface area (Å²) >= 11 is 0. The van der Waals surface area contributed by atoms with Crippen molar-refractivity contribution in [1.29, 1.82) is 0 Å². The Kier molecular flexibility index (Phi) is 3.96. The lowest BCUT2D eigenvalue weighted by Crippen LogP contribution is -2.48. The molecule has 1 aliphatic heterocycles. The van der Waals surface area contributed by atoms with Crippen molar-refractivity contribution in [1.82, 2.24) is 5.32 Å². The number of hydrogen-bond donors (Lipinski definition) is 3. The maximum atomic E-state index is 11.9. The molecule has 0 bridgehead atoms. The Morgan fingerprint density at radius 1 is 1.45 bits per heavy atom. The van der Waals surface area contributed by atoms with E-state index < -0.39 is 26.3 Å². The fourth-order valence-electron chi connectivity index (χ4n) is 2.27. The number of non-ortho nitro benzene ring substituents is 1. The van der Waals surface area contributed by atoms with Gasteiger partial charge in [-0.3, -0.25) is 10.1 Å². The van der Waals surface area contributed by atoms with E-state index in [-0.39, 0.29) is 35.1 Å². The number of urea groups is 1. The first kappa shape index (κ1) is 16.0. The monoisotopic (exact) mass is 329 g/mol. The lowest BCUT2D eigenvalue weighted by atomic mass is 10.0. The first-order chi connectivity index (χ1) is 10.1. The number of nitro benzene ring substituents is 1. The molecule has 0 spiro atoms. The quantitative estimate of drug-likeness (QED) is 0.429. The van der Waals surface area contributed by atoms with Crippen LogP contribution in [0.1, 0.15) is 13.3 Å². The molecule has 1 aromatic rings. The molecule has 0 saturated carbocycles. The molecule has 2 amide bonds. The van der Waals surface area contributed by atoms with Gasteiger partial charge >= 0.3 is 6.03 Å². The van der Waals surface area contributed by atoms with Gasteiger partial charge in [-0.1, -0.05) is 0 Å². The molecule has 1 heterocycles. The number of phenolic OH excluding ortho intramolecular Hbond substituents is 1. The molecule has 0 unspecified atom stereocenters. The number of carbonyl (C=O) groups is 1. The summed E-state index contributed by atoms with van der Waals surface area (Å²) in [7, 11) is -3.18. The summed E-state index contributed by atoms with van der Waals surface area (Å²) in [5.41, 5.74) is -1.32. The fourth-order valence-corrected chi connectivity index (χ4v) is 4.37. The minimum atomic E-state index is -3.18. The van der Waals surface area contributed by atoms with Crippen molar-refractivity contribution in [3.05, 3.63) is 28.3 Å². The van der Waals surface area contributed by atoms with E-state index in [1.807, 2.05) is 0 Å². The van der Waals surface area contributed by atoms with Crippen LogP contribution in [0.3, 0.4) is 0 Å². The van der Waals surface area contributed by atoms with Crippen molar-refractivity contribution in [3.8, 4) is 5.75 Å². The van der Waals surface area contributed by atoms with Crippen molar-refractivity contribution in [2.75, 3.05) is 16.8 Å². The largest absolute Gasteiger partial charge is 0.506 e. The van der Waals surface area contributed by atoms with Crippen LogP contribution in [0.2, 0.25) is 0 Å². The number of benzene rings is 1. The maximum absolute atomic E-state index is 11.9. The molecular formula is C12H15N3O6S. The van der Waals surface area contributed by atoms with E-state index in [2.05, 4.69) is 10.6 Å². The summed E-state index contributed by atoms with van der Waals surface area (Å²) in [6.07, 6.45) is 0.281. The molecule has 2 rings (SSSR count). The van der Waals surface area contributed by atoms with Crippen LogP contribution >= 0.6 is 0 Å². The molecule has 0 aliphatic carbocycles. The molecule has 1 aromatic carbocycles. The van der Waals surface area contributed by atoms with Gasteiger partial charge in [0.2, 0.25) is 0 Å². The van der Waals surface area contributed by atoms with Gasteiger partial charge in [0.05, 0.1) is 27.7 Å². The Bertz CT molecular complexity index is 732. The molecule has 1 aliphatic rings. The highest BCUT2D eigenvalue weighted by Gasteiger charge is 2.39. The van der Waals surface area contributed by atoms with Gasteiger partial charge in [0, 0.05) is 12.1 Å². The summed E-state index contributed by atoms with van der Waals surface area (Å²) in [6.45, 7) is 1.60. The van der Waals surface area contributed by atoms with Gasteiger partial charge in [0.15, 0.2) is 9.84 Å². The van der Waals surface area contributed by atoms with Crippen LogP contribution in [0.15, 0.2) is 18.2 Å². The summed E-state index contributed by atoms with van der Waals surface area (Å²) in [5, 5.41) is 25.1. The van der Waals surface area contributed by atoms with E-state index in [0.717, 1.165) is 18.2 Å². The molecule has 1 saturated heterocycles. The topological polar surface area (TPSA) is 139 Å². The number of carbonyl (C=O) groups excluding carboxylic acids is 1. The van der Waals surface area contributed by atoms with Crippen molar-refractivity contribution in [3.63, 3.8) is 0 Å². The lowest BCUT2D eigenvalue weighted by molar-refractivity contribution is -0.384. The normalized spacial score (nSPS) is 23.0. The average Bonchev–Trinajstić information content (AvgIpc) is 2.65. The van der Waals surface area contributed by atoms with Gasteiger partial charge in [-0.2, -0.15) is 0 Å². The Labute approximate surface area is 126 Å². The predicted molar refractivity (Wildman–Crippen MR) is 78.6 cm³/mol. The number of nitrogens with zero attached hydrogens (tertiary/aromatic N) is 1. The van der Waals surface area contributed by atoms with Crippen molar-refractivity contribution >= 4 is 27.2 Å². The van der Waals surface area contributed by atoms with E-state index in [4.69, 9.17) is 0 Å². The minimum Gasteiger partial charge on any atom is -0.506 e. The number of rotatable bonds is 3. The molecule has 1 atom stereocenters. The zero-order valence-corrected chi connectivity index (χ0v) is 12.5. The standard InChI is InChI=1S/C12H15N3O6S/c1-12(4-5-22(20,21)7-12)14-11(17)13-9-6-8(15(18)19)2-3-10(9)16/h2-3,6,16H,4-5,7H2,1H3,(H2,13,14,17)/t12-/m1/s1. The molecule has 0 aromatic heterocycles. The van der Waals surface area contributed by atoms with Crippen molar-refractivity contribution < 1.29 is 23.2 Å². The lowest BCUT2D eigenvalue weighted by Gasteiger charge is -2.24. The third-order valence-corrected chi connectivity index (χ3v) is 5.26. The van der Waals surface area contributed by atoms with E-state index >= 15 is 0 Å². The second-order valence-corrected chi connectivity index (χ2v) is 7.62. The number of anilines is 1. The van der Waals surface area contributed by atoms with E-state index in [1.54, 1.807) is 6.92 Å². The second-order valence-electron chi connectivity index (χ2n) is 5.44.